The van der Waals surface area contributed by atoms with E-state index in [-0.39, 0.29) is 30.2 Å². The topological polar surface area (TPSA) is 113 Å². The lowest BCUT2D eigenvalue weighted by molar-refractivity contribution is 0.0985. The minimum Gasteiger partial charge on any atom is -0.294 e. The van der Waals surface area contributed by atoms with Crippen molar-refractivity contribution in [2.75, 3.05) is 0 Å². The van der Waals surface area contributed by atoms with Crippen LogP contribution < -0.4 is 0 Å². The Hall–Kier alpha value is -5.31. The molecule has 9 nitrogen and oxygen atoms in total. The van der Waals surface area contributed by atoms with Gasteiger partial charge >= 0.3 is 0 Å². The second-order valence-electron chi connectivity index (χ2n) is 9.76. The fourth-order valence-electron chi connectivity index (χ4n) is 4.72. The number of fused-ring (bicyclic) bond motifs is 2. The van der Waals surface area contributed by atoms with Gasteiger partial charge in [-0.25, -0.2) is 9.36 Å². The van der Waals surface area contributed by atoms with Gasteiger partial charge in [0.15, 0.2) is 17.3 Å². The van der Waals surface area contributed by atoms with Gasteiger partial charge in [-0.3, -0.25) is 14.4 Å². The van der Waals surface area contributed by atoms with Crippen LogP contribution in [0.4, 0.5) is 0 Å². The van der Waals surface area contributed by atoms with Gasteiger partial charge in [-0.1, -0.05) is 59.0 Å². The number of carbonyl (C=O) groups is 3. The monoisotopic (exact) mass is 528 g/mol. The summed E-state index contributed by atoms with van der Waals surface area (Å²) in [5.74, 6) is -0.196. The molecule has 0 fully saturated rings. The number of hydrogen-bond donors (Lipinski definition) is 0. The van der Waals surface area contributed by atoms with E-state index >= 15 is 0 Å². The van der Waals surface area contributed by atoms with Crippen LogP contribution in [0.3, 0.4) is 0 Å². The van der Waals surface area contributed by atoms with Crippen molar-refractivity contribution in [1.29, 1.82) is 0 Å². The summed E-state index contributed by atoms with van der Waals surface area (Å²) in [6, 6.07) is 24.8. The van der Waals surface area contributed by atoms with Crippen molar-refractivity contribution in [2.45, 2.75) is 12.8 Å². The van der Waals surface area contributed by atoms with Crippen LogP contribution in [-0.4, -0.2) is 47.3 Å². The zero-order valence-corrected chi connectivity index (χ0v) is 21.9. The molecule has 0 amide bonds. The van der Waals surface area contributed by atoms with Crippen LogP contribution in [0.1, 0.15) is 47.8 Å². The van der Waals surface area contributed by atoms with Crippen molar-refractivity contribution in [3.63, 3.8) is 0 Å². The lowest BCUT2D eigenvalue weighted by atomic mass is 9.97. The quantitative estimate of drug-likeness (QED) is 0.270. The predicted molar refractivity (Wildman–Crippen MR) is 149 cm³/mol. The van der Waals surface area contributed by atoms with Crippen molar-refractivity contribution in [1.82, 2.24) is 30.0 Å². The van der Waals surface area contributed by atoms with Crippen molar-refractivity contribution in [2.24, 2.45) is 14.1 Å². The number of hydrogen-bond acceptors (Lipinski definition) is 7. The summed E-state index contributed by atoms with van der Waals surface area (Å²) in [6.07, 6.45) is 0.430. The van der Waals surface area contributed by atoms with E-state index in [0.29, 0.717) is 33.3 Å². The summed E-state index contributed by atoms with van der Waals surface area (Å²) in [5, 5.41) is 16.1. The van der Waals surface area contributed by atoms with Crippen LogP contribution in [0, 0.1) is 0 Å². The van der Waals surface area contributed by atoms with Crippen LogP contribution in [0.15, 0.2) is 84.9 Å². The van der Waals surface area contributed by atoms with Gasteiger partial charge in [0.2, 0.25) is 0 Å². The van der Waals surface area contributed by atoms with Gasteiger partial charge in [-0.15, -0.1) is 10.2 Å². The molecule has 40 heavy (non-hydrogen) atoms. The lowest BCUT2D eigenvalue weighted by Crippen LogP contribution is -2.06. The molecule has 0 saturated carbocycles. The molecule has 2 aromatic heterocycles. The minimum atomic E-state index is -0.128. The van der Waals surface area contributed by atoms with E-state index in [1.807, 2.05) is 12.1 Å². The highest BCUT2D eigenvalue weighted by Gasteiger charge is 2.14. The molecule has 0 unspecified atom stereocenters. The first-order chi connectivity index (χ1) is 19.4. The number of carbonyl (C=O) groups excluding carboxylic acids is 3. The standard InChI is InChI=1S/C31H24N6O3/c1-36-27-13-11-23(17-25(27)32-34-36)29(38)15-19-3-7-21(8-4-19)31(40)22-9-5-20(6-10-22)16-30(39)24-12-14-28-26(18-24)33-35-37(28)2/h3-14,17-18H,15-16H2,1-2H3. The average molecular weight is 529 g/mol. The first-order valence-corrected chi connectivity index (χ1v) is 12.7. The molecule has 196 valence electrons. The number of benzene rings is 4. The third kappa shape index (κ3) is 4.80. The molecule has 0 N–H and O–H groups in total. The molecule has 0 radical (unpaired) electrons. The Morgan fingerprint density at radius 2 is 0.925 bits per heavy atom. The zero-order chi connectivity index (χ0) is 27.8. The molecule has 6 aromatic rings. The van der Waals surface area contributed by atoms with Crippen molar-refractivity contribution in [3.8, 4) is 0 Å². The number of aromatic nitrogens is 6. The number of nitrogens with zero attached hydrogens (tertiary/aromatic N) is 6. The van der Waals surface area contributed by atoms with Crippen molar-refractivity contribution >= 4 is 39.4 Å². The first kappa shape index (κ1) is 25.0. The molecule has 6 rings (SSSR count). The largest absolute Gasteiger partial charge is 0.294 e. The number of Topliss-reactive ketones (excluding diaryl/α,β-unsaturated/α-hetero) is 2. The summed E-state index contributed by atoms with van der Waals surface area (Å²) in [5.41, 5.74) is 6.89. The third-order valence-electron chi connectivity index (χ3n) is 7.03. The molecule has 2 heterocycles. The molecule has 0 aliphatic rings. The number of aryl methyl sites for hydroxylation is 2. The van der Waals surface area contributed by atoms with Gasteiger partial charge in [0.05, 0.1) is 11.0 Å². The number of rotatable bonds is 8. The van der Waals surface area contributed by atoms with Crippen LogP contribution >= 0.6 is 0 Å². The molecular weight excluding hydrogens is 504 g/mol. The van der Waals surface area contributed by atoms with E-state index in [2.05, 4.69) is 20.6 Å². The highest BCUT2D eigenvalue weighted by atomic mass is 16.1. The van der Waals surface area contributed by atoms with E-state index < -0.39 is 0 Å². The minimum absolute atomic E-state index is 0.0339. The first-order valence-electron chi connectivity index (χ1n) is 12.7. The van der Waals surface area contributed by atoms with Gasteiger partial charge in [0, 0.05) is 49.2 Å². The summed E-state index contributed by atoms with van der Waals surface area (Å²) in [7, 11) is 3.61. The normalized spacial score (nSPS) is 11.2. The summed E-state index contributed by atoms with van der Waals surface area (Å²) in [4.78, 5) is 38.7. The Kier molecular flexibility index (Phi) is 6.31. The summed E-state index contributed by atoms with van der Waals surface area (Å²) < 4.78 is 3.32. The fraction of sp³-hybridized carbons (Fsp3) is 0.129. The average Bonchev–Trinajstić information content (AvgIpc) is 3.54. The Bertz CT molecular complexity index is 1780. The molecule has 4 aromatic carbocycles. The molecule has 0 bridgehead atoms. The SMILES string of the molecule is Cn1nnc2cc(C(=O)Cc3ccc(C(=O)c4ccc(CC(=O)c5ccc6c(c5)nnn6C)cc4)cc3)ccc21. The lowest BCUT2D eigenvalue weighted by Gasteiger charge is -2.06. The van der Waals surface area contributed by atoms with Crippen LogP contribution in [0.2, 0.25) is 0 Å². The van der Waals surface area contributed by atoms with Crippen molar-refractivity contribution < 1.29 is 14.4 Å². The second kappa shape index (κ2) is 10.1. The maximum atomic E-state index is 13.0. The van der Waals surface area contributed by atoms with E-state index in [9.17, 15) is 14.4 Å². The van der Waals surface area contributed by atoms with Crippen LogP contribution in [-0.2, 0) is 26.9 Å². The van der Waals surface area contributed by atoms with Crippen molar-refractivity contribution in [3.05, 3.63) is 118 Å². The van der Waals surface area contributed by atoms with Crippen LogP contribution in [0.25, 0.3) is 22.1 Å². The molecule has 9 heteroatoms. The van der Waals surface area contributed by atoms with E-state index in [1.54, 1.807) is 96.3 Å². The number of ketones is 3. The Morgan fingerprint density at radius 1 is 0.550 bits per heavy atom. The Morgan fingerprint density at radius 3 is 1.32 bits per heavy atom. The van der Waals surface area contributed by atoms with E-state index in [4.69, 9.17) is 0 Å². The fourth-order valence-corrected chi connectivity index (χ4v) is 4.72. The van der Waals surface area contributed by atoms with E-state index in [0.717, 1.165) is 22.2 Å². The van der Waals surface area contributed by atoms with E-state index in [1.165, 1.54) is 0 Å². The van der Waals surface area contributed by atoms with Gasteiger partial charge in [-0.2, -0.15) is 0 Å². The predicted octanol–water partition coefficient (Wildman–Crippen LogP) is 4.33. The molecular formula is C31H24N6O3. The summed E-state index contributed by atoms with van der Waals surface area (Å²) in [6.45, 7) is 0. The highest BCUT2D eigenvalue weighted by molar-refractivity contribution is 6.09. The third-order valence-corrected chi connectivity index (χ3v) is 7.03. The van der Waals surface area contributed by atoms with Gasteiger partial charge in [0.25, 0.3) is 0 Å². The Balaban J connectivity index is 1.09. The molecule has 0 spiro atoms. The Labute approximate surface area is 229 Å². The maximum absolute atomic E-state index is 13.0. The molecule has 0 aliphatic carbocycles. The smallest absolute Gasteiger partial charge is 0.193 e. The summed E-state index contributed by atoms with van der Waals surface area (Å²) >= 11 is 0. The molecule has 0 atom stereocenters. The molecule has 0 saturated heterocycles. The van der Waals surface area contributed by atoms with Gasteiger partial charge in [0.1, 0.15) is 11.0 Å². The van der Waals surface area contributed by atoms with Gasteiger partial charge in [-0.05, 0) is 47.5 Å². The molecule has 0 aliphatic heterocycles. The highest BCUT2D eigenvalue weighted by Crippen LogP contribution is 2.18. The zero-order valence-electron chi connectivity index (χ0n) is 21.9. The van der Waals surface area contributed by atoms with Gasteiger partial charge < -0.3 is 0 Å². The van der Waals surface area contributed by atoms with Crippen LogP contribution in [0.5, 0.6) is 0 Å². The maximum Gasteiger partial charge on any atom is 0.193 e. The second-order valence-corrected chi connectivity index (χ2v) is 9.76.